The molecule has 0 saturated carbocycles. The minimum atomic E-state index is 0.140. The Balaban J connectivity index is 1.36. The summed E-state index contributed by atoms with van der Waals surface area (Å²) in [5, 5.41) is 3.16. The van der Waals surface area contributed by atoms with E-state index in [9.17, 15) is 4.79 Å². The van der Waals surface area contributed by atoms with Crippen molar-refractivity contribution in [1.82, 2.24) is 14.8 Å². The van der Waals surface area contributed by atoms with E-state index in [4.69, 9.17) is 4.74 Å². The fraction of sp³-hybridized carbons (Fsp3) is 0.414. The first-order valence-corrected chi connectivity index (χ1v) is 12.6. The van der Waals surface area contributed by atoms with Crippen molar-refractivity contribution in [3.63, 3.8) is 0 Å². The number of likely N-dealkylation sites (tertiary alicyclic amines) is 1. The molecule has 1 aliphatic carbocycles. The van der Waals surface area contributed by atoms with Gasteiger partial charge >= 0.3 is 0 Å². The van der Waals surface area contributed by atoms with Gasteiger partial charge in [0.25, 0.3) is 0 Å². The Labute approximate surface area is 202 Å². The lowest BCUT2D eigenvalue weighted by molar-refractivity contribution is -0.121. The molecule has 0 spiro atoms. The molecule has 5 nitrogen and oxygen atoms in total. The zero-order chi connectivity index (χ0) is 23.5. The van der Waals surface area contributed by atoms with E-state index < -0.39 is 0 Å². The second-order valence-electron chi connectivity index (χ2n) is 9.62. The van der Waals surface area contributed by atoms with Gasteiger partial charge in [0, 0.05) is 36.0 Å². The number of methoxy groups -OCH3 is 1. The molecule has 2 aromatic carbocycles. The zero-order valence-corrected chi connectivity index (χ0v) is 20.3. The summed E-state index contributed by atoms with van der Waals surface area (Å²) in [5.41, 5.74) is 7.64. The van der Waals surface area contributed by atoms with Crippen molar-refractivity contribution in [2.45, 2.75) is 51.0 Å². The molecular formula is C29H35N3O2. The smallest absolute Gasteiger partial charge is 0.220 e. The first-order chi connectivity index (χ1) is 16.6. The number of aromatic nitrogens is 1. The maximum atomic E-state index is 12.7. The molecule has 178 valence electrons. The van der Waals surface area contributed by atoms with Crippen LogP contribution in [-0.4, -0.2) is 48.7 Å². The lowest BCUT2D eigenvalue weighted by atomic mass is 9.90. The highest BCUT2D eigenvalue weighted by atomic mass is 16.5. The monoisotopic (exact) mass is 457 g/mol. The van der Waals surface area contributed by atoms with Gasteiger partial charge in [-0.25, -0.2) is 0 Å². The van der Waals surface area contributed by atoms with Gasteiger partial charge in [-0.2, -0.15) is 0 Å². The van der Waals surface area contributed by atoms with Gasteiger partial charge in [0.15, 0.2) is 0 Å². The summed E-state index contributed by atoms with van der Waals surface area (Å²) in [6, 6.07) is 19.9. The van der Waals surface area contributed by atoms with Crippen molar-refractivity contribution >= 4 is 5.91 Å². The SMILES string of the molecule is COc1ccc(-n2c(CCC(=O)NCCC3CCCN3C)cc3c2-c2ccccc2CC3)cc1. The highest BCUT2D eigenvalue weighted by Crippen LogP contribution is 2.38. The van der Waals surface area contributed by atoms with Crippen molar-refractivity contribution in [3.05, 3.63) is 71.4 Å². The summed E-state index contributed by atoms with van der Waals surface area (Å²) in [5.74, 6) is 0.987. The first kappa shape index (κ1) is 22.7. The minimum Gasteiger partial charge on any atom is -0.497 e. The molecule has 1 saturated heterocycles. The van der Waals surface area contributed by atoms with E-state index in [1.165, 1.54) is 47.5 Å². The molecule has 1 aliphatic heterocycles. The molecule has 34 heavy (non-hydrogen) atoms. The summed E-state index contributed by atoms with van der Waals surface area (Å²) in [7, 11) is 3.88. The van der Waals surface area contributed by atoms with E-state index in [-0.39, 0.29) is 5.91 Å². The van der Waals surface area contributed by atoms with Crippen LogP contribution in [0.15, 0.2) is 54.6 Å². The third-order valence-electron chi connectivity index (χ3n) is 7.50. The number of rotatable bonds is 8. The number of hydrogen-bond acceptors (Lipinski definition) is 3. The maximum Gasteiger partial charge on any atom is 0.220 e. The van der Waals surface area contributed by atoms with Crippen LogP contribution in [0.3, 0.4) is 0 Å². The quantitative estimate of drug-likeness (QED) is 0.529. The van der Waals surface area contributed by atoms with Gasteiger partial charge in [0.2, 0.25) is 5.91 Å². The zero-order valence-electron chi connectivity index (χ0n) is 20.3. The lowest BCUT2D eigenvalue weighted by Gasteiger charge is -2.21. The van der Waals surface area contributed by atoms with Crippen LogP contribution in [0.25, 0.3) is 16.9 Å². The summed E-state index contributed by atoms with van der Waals surface area (Å²) in [6.45, 7) is 1.94. The number of nitrogens with zero attached hydrogens (tertiary/aromatic N) is 2. The third kappa shape index (κ3) is 4.62. The molecule has 2 aliphatic rings. The predicted octanol–water partition coefficient (Wildman–Crippen LogP) is 4.78. The van der Waals surface area contributed by atoms with Crippen LogP contribution in [-0.2, 0) is 24.1 Å². The third-order valence-corrected chi connectivity index (χ3v) is 7.50. The molecule has 0 radical (unpaired) electrons. The van der Waals surface area contributed by atoms with Gasteiger partial charge in [-0.3, -0.25) is 4.79 Å². The Kier molecular flexibility index (Phi) is 6.73. The number of benzene rings is 2. The van der Waals surface area contributed by atoms with Crippen LogP contribution in [0.5, 0.6) is 5.75 Å². The Morgan fingerprint density at radius 2 is 1.88 bits per heavy atom. The lowest BCUT2D eigenvalue weighted by Crippen LogP contribution is -2.31. The number of aryl methyl sites for hydroxylation is 3. The molecule has 0 bridgehead atoms. The molecule has 3 aromatic rings. The highest BCUT2D eigenvalue weighted by molar-refractivity contribution is 5.77. The van der Waals surface area contributed by atoms with E-state index in [2.05, 4.69) is 64.3 Å². The van der Waals surface area contributed by atoms with E-state index in [1.54, 1.807) is 7.11 Å². The van der Waals surface area contributed by atoms with E-state index in [1.807, 2.05) is 12.1 Å². The molecule has 5 rings (SSSR count). The number of hydrogen-bond donors (Lipinski definition) is 1. The van der Waals surface area contributed by atoms with Crippen molar-refractivity contribution in [2.24, 2.45) is 0 Å². The van der Waals surface area contributed by atoms with Gasteiger partial charge < -0.3 is 19.5 Å². The van der Waals surface area contributed by atoms with E-state index >= 15 is 0 Å². The molecule has 5 heteroatoms. The second kappa shape index (κ2) is 10.1. The number of carbonyl (C=O) groups is 1. The van der Waals surface area contributed by atoms with Crippen molar-refractivity contribution in [3.8, 4) is 22.7 Å². The molecule has 1 amide bonds. The van der Waals surface area contributed by atoms with Crippen LogP contribution >= 0.6 is 0 Å². The van der Waals surface area contributed by atoms with Crippen LogP contribution < -0.4 is 10.1 Å². The first-order valence-electron chi connectivity index (χ1n) is 12.6. The molecule has 1 N–H and O–H groups in total. The Bertz CT molecular complexity index is 1150. The van der Waals surface area contributed by atoms with Gasteiger partial charge in [-0.05, 0) is 93.6 Å². The molecule has 1 unspecified atom stereocenters. The highest BCUT2D eigenvalue weighted by Gasteiger charge is 2.24. The van der Waals surface area contributed by atoms with Crippen molar-refractivity contribution in [1.29, 1.82) is 0 Å². The Morgan fingerprint density at radius 1 is 1.09 bits per heavy atom. The fourth-order valence-corrected chi connectivity index (χ4v) is 5.61. The second-order valence-corrected chi connectivity index (χ2v) is 9.62. The van der Waals surface area contributed by atoms with Gasteiger partial charge in [0.05, 0.1) is 12.8 Å². The molecular weight excluding hydrogens is 422 g/mol. The predicted molar refractivity (Wildman–Crippen MR) is 137 cm³/mol. The Morgan fingerprint density at radius 3 is 2.65 bits per heavy atom. The summed E-state index contributed by atoms with van der Waals surface area (Å²) in [4.78, 5) is 15.1. The standard InChI is InChI=1S/C29H35N3O2/c1-31-19-5-7-23(31)17-18-30-28(33)16-13-25-20-22-10-9-21-6-3-4-8-27(21)29(22)32(25)24-11-14-26(34-2)15-12-24/h3-4,6,8,11-12,14-15,20,23H,5,7,9-10,13,16-19H2,1-2H3,(H,30,33). The average molecular weight is 458 g/mol. The molecule has 2 heterocycles. The van der Waals surface area contributed by atoms with Crippen LogP contribution in [0.1, 0.15) is 42.5 Å². The van der Waals surface area contributed by atoms with Crippen molar-refractivity contribution < 1.29 is 9.53 Å². The molecule has 1 aromatic heterocycles. The average Bonchev–Trinajstić information content (AvgIpc) is 3.46. The maximum absolute atomic E-state index is 12.7. The van der Waals surface area contributed by atoms with Crippen LogP contribution in [0, 0.1) is 0 Å². The number of fused-ring (bicyclic) bond motifs is 3. The Hall–Kier alpha value is -3.05. The number of ether oxygens (including phenoxy) is 1. The molecule has 1 atom stereocenters. The van der Waals surface area contributed by atoms with Crippen molar-refractivity contribution in [2.75, 3.05) is 27.2 Å². The van der Waals surface area contributed by atoms with Gasteiger partial charge in [-0.15, -0.1) is 0 Å². The van der Waals surface area contributed by atoms with E-state index in [0.29, 0.717) is 12.5 Å². The minimum absolute atomic E-state index is 0.140. The van der Waals surface area contributed by atoms with Crippen LogP contribution in [0.4, 0.5) is 0 Å². The summed E-state index contributed by atoms with van der Waals surface area (Å²) < 4.78 is 7.74. The number of amides is 1. The normalized spacial score (nSPS) is 17.3. The summed E-state index contributed by atoms with van der Waals surface area (Å²) in [6.07, 6.45) is 6.86. The fourth-order valence-electron chi connectivity index (χ4n) is 5.61. The van der Waals surface area contributed by atoms with E-state index in [0.717, 1.165) is 43.7 Å². The topological polar surface area (TPSA) is 46.5 Å². The van der Waals surface area contributed by atoms with Gasteiger partial charge in [-0.1, -0.05) is 24.3 Å². The van der Waals surface area contributed by atoms with Crippen LogP contribution in [0.2, 0.25) is 0 Å². The number of carbonyl (C=O) groups excluding carboxylic acids is 1. The number of nitrogens with one attached hydrogen (secondary N) is 1. The van der Waals surface area contributed by atoms with Gasteiger partial charge in [0.1, 0.15) is 5.75 Å². The molecule has 1 fully saturated rings. The largest absolute Gasteiger partial charge is 0.497 e. The summed E-state index contributed by atoms with van der Waals surface area (Å²) >= 11 is 0.